The van der Waals surface area contributed by atoms with Gasteiger partial charge in [0.25, 0.3) is 0 Å². The molecule has 1 fully saturated rings. The van der Waals surface area contributed by atoms with Gasteiger partial charge in [-0.05, 0) is 42.9 Å². The topological polar surface area (TPSA) is 60.2 Å². The fourth-order valence-electron chi connectivity index (χ4n) is 4.68. The van der Waals surface area contributed by atoms with Crippen LogP contribution in [0.1, 0.15) is 24.8 Å². The van der Waals surface area contributed by atoms with E-state index in [0.29, 0.717) is 5.69 Å². The Balaban J connectivity index is 1.33. The van der Waals surface area contributed by atoms with Crippen LogP contribution >= 0.6 is 0 Å². The highest BCUT2D eigenvalue weighted by molar-refractivity contribution is 5.78. The van der Waals surface area contributed by atoms with E-state index in [-0.39, 0.29) is 12.1 Å². The minimum Gasteiger partial charge on any atom is -0.496 e. The van der Waals surface area contributed by atoms with Crippen molar-refractivity contribution in [3.05, 3.63) is 90.6 Å². The third-order valence-electron chi connectivity index (χ3n) is 6.48. The second-order valence-corrected chi connectivity index (χ2v) is 8.64. The number of carbonyl (C=O) groups excluding carboxylic acids is 1. The van der Waals surface area contributed by atoms with Crippen molar-refractivity contribution in [1.82, 2.24) is 19.9 Å². The van der Waals surface area contributed by atoms with Crippen LogP contribution in [0.3, 0.4) is 0 Å². The molecule has 172 valence electrons. The van der Waals surface area contributed by atoms with Gasteiger partial charge in [0.1, 0.15) is 11.4 Å². The smallest absolute Gasteiger partial charge is 0.346 e. The maximum atomic E-state index is 13.3. The molecule has 3 aromatic carbocycles. The minimum atomic E-state index is -0.106. The number of hydrogen-bond acceptors (Lipinski definition) is 4. The Kier molecular flexibility index (Phi) is 6.38. The summed E-state index contributed by atoms with van der Waals surface area (Å²) in [5.74, 6) is 0.832. The van der Waals surface area contributed by atoms with Crippen LogP contribution in [0.15, 0.2) is 85.1 Å². The van der Waals surface area contributed by atoms with Gasteiger partial charge in [-0.1, -0.05) is 78.0 Å². The largest absolute Gasteiger partial charge is 0.496 e. The zero-order valence-electron chi connectivity index (χ0n) is 19.3. The van der Waals surface area contributed by atoms with Crippen molar-refractivity contribution in [2.45, 2.75) is 31.7 Å². The van der Waals surface area contributed by atoms with E-state index >= 15 is 0 Å². The standard InChI is InChI=1S/C28H28N4O2/c1-34-27-13-6-5-12-25(27)22-14-16-23(17-15-22)26-20-32(30-29-26)28(33)31-18-8-7-11-24(31)19-21-9-3-2-4-10-21/h2-6,9-10,12-17,20,24H,7-8,11,18-19H2,1H3/t24-/m0/s1. The maximum Gasteiger partial charge on any atom is 0.346 e. The molecular formula is C28H28N4O2. The molecule has 1 aromatic heterocycles. The summed E-state index contributed by atoms with van der Waals surface area (Å²) in [7, 11) is 1.68. The van der Waals surface area contributed by atoms with Gasteiger partial charge in [-0.3, -0.25) is 0 Å². The first-order chi connectivity index (χ1) is 16.7. The van der Waals surface area contributed by atoms with E-state index in [1.54, 1.807) is 13.3 Å². The van der Waals surface area contributed by atoms with Crippen LogP contribution in [-0.4, -0.2) is 45.6 Å². The van der Waals surface area contributed by atoms with E-state index in [1.807, 2.05) is 71.6 Å². The molecule has 6 nitrogen and oxygen atoms in total. The first kappa shape index (κ1) is 21.9. The lowest BCUT2D eigenvalue weighted by atomic mass is 9.96. The number of para-hydroxylation sites is 1. The summed E-state index contributed by atoms with van der Waals surface area (Å²) in [6.07, 6.45) is 5.76. The van der Waals surface area contributed by atoms with Crippen molar-refractivity contribution in [3.8, 4) is 28.1 Å². The summed E-state index contributed by atoms with van der Waals surface area (Å²) in [4.78, 5) is 15.3. The summed E-state index contributed by atoms with van der Waals surface area (Å²) in [6.45, 7) is 0.749. The van der Waals surface area contributed by atoms with Crippen LogP contribution in [-0.2, 0) is 6.42 Å². The number of nitrogens with zero attached hydrogens (tertiary/aromatic N) is 4. The summed E-state index contributed by atoms with van der Waals surface area (Å²) < 4.78 is 6.86. The van der Waals surface area contributed by atoms with Gasteiger partial charge < -0.3 is 9.64 Å². The minimum absolute atomic E-state index is 0.106. The van der Waals surface area contributed by atoms with Crippen LogP contribution in [0, 0.1) is 0 Å². The lowest BCUT2D eigenvalue weighted by Gasteiger charge is -2.35. The van der Waals surface area contributed by atoms with Crippen molar-refractivity contribution in [3.63, 3.8) is 0 Å². The van der Waals surface area contributed by atoms with Gasteiger partial charge in [-0.15, -0.1) is 5.10 Å². The summed E-state index contributed by atoms with van der Waals surface area (Å²) in [5.41, 5.74) is 4.93. The number of hydrogen-bond donors (Lipinski definition) is 0. The fraction of sp³-hybridized carbons (Fsp3) is 0.250. The number of ether oxygens (including phenoxy) is 1. The summed E-state index contributed by atoms with van der Waals surface area (Å²) >= 11 is 0. The Labute approximate surface area is 199 Å². The molecule has 1 amide bonds. The Bertz CT molecular complexity index is 1250. The molecule has 0 bridgehead atoms. The molecule has 0 unspecified atom stereocenters. The second kappa shape index (κ2) is 9.91. The lowest BCUT2D eigenvalue weighted by Crippen LogP contribution is -2.46. The molecule has 4 aromatic rings. The van der Waals surface area contributed by atoms with Gasteiger partial charge in [0.15, 0.2) is 0 Å². The third kappa shape index (κ3) is 4.57. The number of methoxy groups -OCH3 is 1. The molecule has 0 aliphatic carbocycles. The Morgan fingerprint density at radius 1 is 0.941 bits per heavy atom. The molecule has 34 heavy (non-hydrogen) atoms. The molecule has 5 rings (SSSR count). The van der Waals surface area contributed by atoms with Crippen LogP contribution < -0.4 is 4.74 Å². The number of benzene rings is 3. The Morgan fingerprint density at radius 2 is 1.68 bits per heavy atom. The van der Waals surface area contributed by atoms with Gasteiger partial charge in [0.05, 0.1) is 13.3 Å². The SMILES string of the molecule is COc1ccccc1-c1ccc(-c2cn(C(=O)N3CCCC[C@H]3Cc3ccccc3)nn2)cc1. The van der Waals surface area contributed by atoms with Crippen LogP contribution in [0.25, 0.3) is 22.4 Å². The molecule has 1 aliphatic heterocycles. The van der Waals surface area contributed by atoms with E-state index in [2.05, 4.69) is 22.4 Å². The Morgan fingerprint density at radius 3 is 2.47 bits per heavy atom. The van der Waals surface area contributed by atoms with Crippen LogP contribution in [0.5, 0.6) is 5.75 Å². The average molecular weight is 453 g/mol. The molecule has 0 radical (unpaired) electrons. The molecule has 1 saturated heterocycles. The number of rotatable bonds is 5. The average Bonchev–Trinajstić information content (AvgIpc) is 3.40. The molecule has 0 saturated carbocycles. The van der Waals surface area contributed by atoms with Crippen molar-refractivity contribution in [2.24, 2.45) is 0 Å². The normalized spacial score (nSPS) is 15.8. The highest BCUT2D eigenvalue weighted by Gasteiger charge is 2.28. The van der Waals surface area contributed by atoms with Gasteiger partial charge >= 0.3 is 6.03 Å². The first-order valence-corrected chi connectivity index (χ1v) is 11.7. The lowest BCUT2D eigenvalue weighted by molar-refractivity contribution is 0.149. The predicted molar refractivity (Wildman–Crippen MR) is 133 cm³/mol. The zero-order valence-corrected chi connectivity index (χ0v) is 19.3. The zero-order chi connectivity index (χ0) is 23.3. The van der Waals surface area contributed by atoms with Crippen molar-refractivity contribution in [2.75, 3.05) is 13.7 Å². The predicted octanol–water partition coefficient (Wildman–Crippen LogP) is 5.69. The van der Waals surface area contributed by atoms with Gasteiger partial charge in [-0.2, -0.15) is 4.68 Å². The van der Waals surface area contributed by atoms with Crippen molar-refractivity contribution < 1.29 is 9.53 Å². The number of amides is 1. The summed E-state index contributed by atoms with van der Waals surface area (Å²) in [6, 6.07) is 26.4. The van der Waals surface area contributed by atoms with E-state index < -0.39 is 0 Å². The first-order valence-electron chi connectivity index (χ1n) is 11.7. The van der Waals surface area contributed by atoms with Crippen molar-refractivity contribution in [1.29, 1.82) is 0 Å². The Hall–Kier alpha value is -3.93. The van der Waals surface area contributed by atoms with Crippen LogP contribution in [0.4, 0.5) is 4.79 Å². The van der Waals surface area contributed by atoms with E-state index in [0.717, 1.165) is 54.7 Å². The summed E-state index contributed by atoms with van der Waals surface area (Å²) in [5, 5.41) is 8.46. The maximum absolute atomic E-state index is 13.3. The van der Waals surface area contributed by atoms with E-state index in [4.69, 9.17) is 4.74 Å². The molecule has 0 spiro atoms. The quantitative estimate of drug-likeness (QED) is 0.391. The highest BCUT2D eigenvalue weighted by atomic mass is 16.5. The van der Waals surface area contributed by atoms with Gasteiger partial charge in [-0.25, -0.2) is 4.79 Å². The molecular weight excluding hydrogens is 424 g/mol. The molecule has 1 aliphatic rings. The molecule has 6 heteroatoms. The van der Waals surface area contributed by atoms with Gasteiger partial charge in [0, 0.05) is 23.7 Å². The number of carbonyl (C=O) groups is 1. The monoisotopic (exact) mass is 452 g/mol. The van der Waals surface area contributed by atoms with E-state index in [1.165, 1.54) is 10.2 Å². The fourth-order valence-corrected chi connectivity index (χ4v) is 4.68. The molecule has 1 atom stereocenters. The molecule has 2 heterocycles. The van der Waals surface area contributed by atoms with Crippen LogP contribution in [0.2, 0.25) is 0 Å². The number of piperidine rings is 1. The number of likely N-dealkylation sites (tertiary alicyclic amines) is 1. The highest BCUT2D eigenvalue weighted by Crippen LogP contribution is 2.31. The molecule has 0 N–H and O–H groups in total. The van der Waals surface area contributed by atoms with E-state index in [9.17, 15) is 4.79 Å². The second-order valence-electron chi connectivity index (χ2n) is 8.64. The van der Waals surface area contributed by atoms with Gasteiger partial charge in [0.2, 0.25) is 0 Å². The van der Waals surface area contributed by atoms with Crippen molar-refractivity contribution >= 4 is 6.03 Å². The third-order valence-corrected chi connectivity index (χ3v) is 6.48. The number of aromatic nitrogens is 3.